The number of hydrogen-bond donors (Lipinski definition) is 4. The smallest absolute Gasteiger partial charge is 0.255 e. The molecule has 0 radical (unpaired) electrons. The Kier molecular flexibility index (Phi) is 5.83. The quantitative estimate of drug-likeness (QED) is 0.453. The first-order valence-electron chi connectivity index (χ1n) is 9.44. The fourth-order valence-electron chi connectivity index (χ4n) is 2.70. The van der Waals surface area contributed by atoms with E-state index in [4.69, 9.17) is 5.73 Å². The Morgan fingerprint density at radius 1 is 1.30 bits per heavy atom. The van der Waals surface area contributed by atoms with Gasteiger partial charge in [-0.3, -0.25) is 4.79 Å². The van der Waals surface area contributed by atoms with E-state index in [2.05, 4.69) is 30.7 Å². The largest absolute Gasteiger partial charge is 0.387 e. The lowest BCUT2D eigenvalue weighted by molar-refractivity contribution is -0.00177. The van der Waals surface area contributed by atoms with E-state index >= 15 is 0 Å². The SMILES string of the molecule is CC(C)Nc1cc(-n2ncc3cnc(N)nc32)ncc1C(=O)NC[C@@H](F)C(C)(C)O. The lowest BCUT2D eigenvalue weighted by atomic mass is 10.0. The van der Waals surface area contributed by atoms with Crippen molar-refractivity contribution in [2.75, 3.05) is 17.6 Å². The minimum Gasteiger partial charge on any atom is -0.387 e. The monoisotopic (exact) mass is 416 g/mol. The van der Waals surface area contributed by atoms with Crippen LogP contribution in [-0.4, -0.2) is 60.1 Å². The minimum atomic E-state index is -1.62. The van der Waals surface area contributed by atoms with Crippen molar-refractivity contribution in [1.82, 2.24) is 30.0 Å². The normalized spacial score (nSPS) is 12.9. The lowest BCUT2D eigenvalue weighted by Gasteiger charge is -2.23. The number of hydrogen-bond acceptors (Lipinski definition) is 8. The molecule has 0 spiro atoms. The topological polar surface area (TPSA) is 144 Å². The molecule has 30 heavy (non-hydrogen) atoms. The number of amides is 1. The molecule has 11 heteroatoms. The minimum absolute atomic E-state index is 0.0180. The zero-order valence-corrected chi connectivity index (χ0v) is 17.2. The van der Waals surface area contributed by atoms with Crippen molar-refractivity contribution < 1.29 is 14.3 Å². The highest BCUT2D eigenvalue weighted by Crippen LogP contribution is 2.22. The van der Waals surface area contributed by atoms with Gasteiger partial charge in [-0.1, -0.05) is 0 Å². The zero-order valence-electron chi connectivity index (χ0n) is 17.2. The number of aromatic nitrogens is 5. The molecule has 0 saturated heterocycles. The van der Waals surface area contributed by atoms with Crippen molar-refractivity contribution in [3.05, 3.63) is 30.2 Å². The number of fused-ring (bicyclic) bond motifs is 1. The fraction of sp³-hybridized carbons (Fsp3) is 0.421. The van der Waals surface area contributed by atoms with Crippen LogP contribution in [0.1, 0.15) is 38.1 Å². The van der Waals surface area contributed by atoms with Crippen LogP contribution in [0.4, 0.5) is 16.0 Å². The Bertz CT molecular complexity index is 1060. The molecule has 0 fully saturated rings. The predicted octanol–water partition coefficient (Wildman–Crippen LogP) is 1.45. The fourth-order valence-corrected chi connectivity index (χ4v) is 2.70. The van der Waals surface area contributed by atoms with Crippen molar-refractivity contribution in [2.24, 2.45) is 0 Å². The van der Waals surface area contributed by atoms with Crippen molar-refractivity contribution >= 4 is 28.6 Å². The lowest BCUT2D eigenvalue weighted by Crippen LogP contribution is -2.42. The highest BCUT2D eigenvalue weighted by molar-refractivity contribution is 5.99. The van der Waals surface area contributed by atoms with E-state index in [0.717, 1.165) is 0 Å². The number of nitrogens with one attached hydrogen (secondary N) is 2. The number of anilines is 2. The maximum atomic E-state index is 14.0. The first kappa shape index (κ1) is 21.4. The highest BCUT2D eigenvalue weighted by atomic mass is 19.1. The van der Waals surface area contributed by atoms with Gasteiger partial charge >= 0.3 is 0 Å². The molecule has 5 N–H and O–H groups in total. The van der Waals surface area contributed by atoms with Crippen molar-refractivity contribution in [3.8, 4) is 5.82 Å². The number of carbonyl (C=O) groups excluding carboxylic acids is 1. The number of alkyl halides is 1. The van der Waals surface area contributed by atoms with Crippen LogP contribution in [0.5, 0.6) is 0 Å². The first-order chi connectivity index (χ1) is 14.1. The Hall–Kier alpha value is -3.34. The molecule has 3 aromatic heterocycles. The number of nitrogens with zero attached hydrogens (tertiary/aromatic N) is 5. The Morgan fingerprint density at radius 2 is 2.03 bits per heavy atom. The van der Waals surface area contributed by atoms with Gasteiger partial charge in [-0.2, -0.15) is 14.8 Å². The molecule has 1 atom stereocenters. The summed E-state index contributed by atoms with van der Waals surface area (Å²) in [5.74, 6) is 0.0111. The third-order valence-corrected chi connectivity index (χ3v) is 4.33. The molecule has 0 unspecified atom stereocenters. The van der Waals surface area contributed by atoms with Gasteiger partial charge in [-0.05, 0) is 27.7 Å². The summed E-state index contributed by atoms with van der Waals surface area (Å²) in [6, 6.07) is 1.67. The third kappa shape index (κ3) is 4.62. The number of carbonyl (C=O) groups is 1. The second kappa shape index (κ2) is 8.19. The van der Waals surface area contributed by atoms with Crippen LogP contribution in [-0.2, 0) is 0 Å². The maximum Gasteiger partial charge on any atom is 0.255 e. The summed E-state index contributed by atoms with van der Waals surface area (Å²) >= 11 is 0. The average Bonchev–Trinajstić information content (AvgIpc) is 3.07. The first-order valence-corrected chi connectivity index (χ1v) is 9.44. The van der Waals surface area contributed by atoms with Gasteiger partial charge < -0.3 is 21.5 Å². The molecular weight excluding hydrogens is 391 g/mol. The van der Waals surface area contributed by atoms with Crippen LogP contribution < -0.4 is 16.4 Å². The van der Waals surface area contributed by atoms with Crippen molar-refractivity contribution in [2.45, 2.75) is 45.5 Å². The van der Waals surface area contributed by atoms with Crippen LogP contribution in [0.2, 0.25) is 0 Å². The molecule has 0 aliphatic rings. The number of halogens is 1. The molecule has 0 aliphatic carbocycles. The van der Waals surface area contributed by atoms with Gasteiger partial charge in [0.15, 0.2) is 11.5 Å². The van der Waals surface area contributed by atoms with E-state index < -0.39 is 17.7 Å². The van der Waals surface area contributed by atoms with E-state index in [1.165, 1.54) is 24.7 Å². The number of nitrogens with two attached hydrogens (primary N) is 1. The second-order valence-electron chi connectivity index (χ2n) is 7.78. The Morgan fingerprint density at radius 3 is 2.70 bits per heavy atom. The maximum absolute atomic E-state index is 14.0. The van der Waals surface area contributed by atoms with Crippen LogP contribution >= 0.6 is 0 Å². The van der Waals surface area contributed by atoms with Crippen molar-refractivity contribution in [3.63, 3.8) is 0 Å². The van der Waals surface area contributed by atoms with E-state index in [1.807, 2.05) is 13.8 Å². The van der Waals surface area contributed by atoms with E-state index in [9.17, 15) is 14.3 Å². The molecule has 1 amide bonds. The van der Waals surface area contributed by atoms with E-state index in [-0.39, 0.29) is 24.1 Å². The third-order valence-electron chi connectivity index (χ3n) is 4.33. The second-order valence-corrected chi connectivity index (χ2v) is 7.78. The van der Waals surface area contributed by atoms with Crippen LogP contribution in [0.3, 0.4) is 0 Å². The summed E-state index contributed by atoms with van der Waals surface area (Å²) in [4.78, 5) is 25.1. The number of nitrogen functional groups attached to an aromatic ring is 1. The molecule has 0 aromatic carbocycles. The summed E-state index contributed by atoms with van der Waals surface area (Å²) in [6.07, 6.45) is 2.91. The molecule has 10 nitrogen and oxygen atoms in total. The van der Waals surface area contributed by atoms with Gasteiger partial charge in [-0.15, -0.1) is 0 Å². The van der Waals surface area contributed by atoms with Crippen LogP contribution in [0, 0.1) is 0 Å². The summed E-state index contributed by atoms with van der Waals surface area (Å²) in [6.45, 7) is 6.20. The molecule has 0 aliphatic heterocycles. The van der Waals surface area contributed by atoms with Crippen LogP contribution in [0.25, 0.3) is 16.9 Å². The zero-order chi connectivity index (χ0) is 22.1. The van der Waals surface area contributed by atoms with Crippen molar-refractivity contribution in [1.29, 1.82) is 0 Å². The number of aliphatic hydroxyl groups is 1. The standard InChI is InChI=1S/C19H25FN8O2/c1-10(2)26-13-5-15(28-16-11(7-25-28)6-24-18(21)27-16)22-8-12(13)17(29)23-9-14(20)19(3,4)30/h5-8,10,14,30H,9H2,1-4H3,(H,22,26)(H,23,29)(H2,21,24,27)/t14-/m1/s1. The van der Waals surface area contributed by atoms with E-state index in [1.54, 1.807) is 18.5 Å². The predicted molar refractivity (Wildman–Crippen MR) is 111 cm³/mol. The number of rotatable bonds is 7. The summed E-state index contributed by atoms with van der Waals surface area (Å²) < 4.78 is 15.5. The summed E-state index contributed by atoms with van der Waals surface area (Å²) in [5, 5.41) is 20.4. The molecule has 3 rings (SSSR count). The molecule has 0 saturated carbocycles. The van der Waals surface area contributed by atoms with Gasteiger partial charge in [0.05, 0.1) is 35.0 Å². The Labute approximate surface area is 172 Å². The molecular formula is C19H25FN8O2. The van der Waals surface area contributed by atoms with Crippen LogP contribution in [0.15, 0.2) is 24.7 Å². The Balaban J connectivity index is 1.93. The average molecular weight is 416 g/mol. The van der Waals surface area contributed by atoms with Gasteiger partial charge in [-0.25, -0.2) is 14.4 Å². The van der Waals surface area contributed by atoms with Gasteiger partial charge in [0, 0.05) is 24.5 Å². The van der Waals surface area contributed by atoms with Gasteiger partial charge in [0.25, 0.3) is 5.91 Å². The molecule has 160 valence electrons. The summed E-state index contributed by atoms with van der Waals surface area (Å²) in [5.41, 5.74) is 5.34. The summed E-state index contributed by atoms with van der Waals surface area (Å²) in [7, 11) is 0. The molecule has 3 aromatic rings. The molecule has 0 bridgehead atoms. The number of pyridine rings is 1. The van der Waals surface area contributed by atoms with E-state index in [0.29, 0.717) is 22.5 Å². The van der Waals surface area contributed by atoms with Gasteiger partial charge in [0.1, 0.15) is 6.17 Å². The highest BCUT2D eigenvalue weighted by Gasteiger charge is 2.27. The van der Waals surface area contributed by atoms with Gasteiger partial charge in [0.2, 0.25) is 5.95 Å². The molecule has 3 heterocycles.